The molecule has 6 aromatic rings. The van der Waals surface area contributed by atoms with Crippen LogP contribution >= 0.6 is 0 Å². The van der Waals surface area contributed by atoms with Crippen LogP contribution in [0.25, 0.3) is 33.4 Å². The Hall–Kier alpha value is -5.48. The van der Waals surface area contributed by atoms with E-state index in [1.54, 1.807) is 24.3 Å². The third kappa shape index (κ3) is 10.4. The number of aryl methyl sites for hydroxylation is 2. The van der Waals surface area contributed by atoms with E-state index >= 15 is 0 Å². The molecule has 2 unspecified atom stereocenters. The van der Waals surface area contributed by atoms with Crippen molar-refractivity contribution in [2.75, 3.05) is 0 Å². The highest BCUT2D eigenvalue weighted by Gasteiger charge is 2.21. The van der Waals surface area contributed by atoms with Crippen LogP contribution in [0.2, 0.25) is 0 Å². The lowest BCUT2D eigenvalue weighted by atomic mass is 9.82. The number of unbranched alkanes of at least 4 members (excludes halogenated alkanes) is 2. The summed E-state index contributed by atoms with van der Waals surface area (Å²) < 4.78 is 55.2. The Bertz CT molecular complexity index is 2350. The van der Waals surface area contributed by atoms with Gasteiger partial charge in [0.2, 0.25) is 0 Å². The van der Waals surface area contributed by atoms with Crippen LogP contribution in [0.4, 0.5) is 17.6 Å². The summed E-state index contributed by atoms with van der Waals surface area (Å²) in [5.74, 6) is -2.15. The molecule has 2 aliphatic rings. The van der Waals surface area contributed by atoms with Gasteiger partial charge in [-0.2, -0.15) is 0 Å². The Kier molecular flexibility index (Phi) is 14.1. The maximum Gasteiger partial charge on any atom is 0.166 e. The third-order valence-corrected chi connectivity index (χ3v) is 12.2. The lowest BCUT2D eigenvalue weighted by Gasteiger charge is -2.23. The highest BCUT2D eigenvalue weighted by molar-refractivity contribution is 5.69. The van der Waals surface area contributed by atoms with Crippen LogP contribution < -0.4 is 0 Å². The molecule has 0 saturated carbocycles. The van der Waals surface area contributed by atoms with Gasteiger partial charge >= 0.3 is 0 Å². The standard InChI is InChI=1S/C29H30F2.C26H24F2/c1-2-3-4-6-21-9-11-22(12-10-21)23-13-15-24(16-14-23)25-17-19-26(20-18-25)27-7-5-8-28(30)29(27)31;1-2-18-6-8-19(9-7-18)20-10-12-21(13-11-20)22-14-16-23(17-15-22)24-4-3-5-25(27)26(24)28/h5,7-16,19,25H,2-4,6,17-18,20H2,1H3;3-13,16,22H,2,14-15,17H2,1H3. The summed E-state index contributed by atoms with van der Waals surface area (Å²) in [5, 5.41) is 0. The summed E-state index contributed by atoms with van der Waals surface area (Å²) >= 11 is 0. The third-order valence-electron chi connectivity index (χ3n) is 12.2. The first-order valence-corrected chi connectivity index (χ1v) is 21.5. The summed E-state index contributed by atoms with van der Waals surface area (Å²) in [5.41, 5.74) is 13.0. The summed E-state index contributed by atoms with van der Waals surface area (Å²) in [4.78, 5) is 0. The van der Waals surface area contributed by atoms with E-state index in [4.69, 9.17) is 0 Å². The van der Waals surface area contributed by atoms with Gasteiger partial charge in [0.1, 0.15) is 0 Å². The molecule has 59 heavy (non-hydrogen) atoms. The van der Waals surface area contributed by atoms with Crippen LogP contribution in [-0.4, -0.2) is 0 Å². The zero-order valence-electron chi connectivity index (χ0n) is 34.3. The van der Waals surface area contributed by atoms with Crippen molar-refractivity contribution in [1.82, 2.24) is 0 Å². The van der Waals surface area contributed by atoms with E-state index in [-0.39, 0.29) is 0 Å². The number of allylic oxidation sites excluding steroid dienone is 4. The molecule has 0 N–H and O–H groups in total. The molecule has 0 amide bonds. The van der Waals surface area contributed by atoms with Crippen LogP contribution in [0.3, 0.4) is 0 Å². The number of hydrogen-bond acceptors (Lipinski definition) is 0. The first-order chi connectivity index (χ1) is 28.8. The molecule has 0 spiro atoms. The van der Waals surface area contributed by atoms with Crippen molar-refractivity contribution in [3.8, 4) is 22.3 Å². The molecule has 2 atom stereocenters. The summed E-state index contributed by atoms with van der Waals surface area (Å²) in [6, 6.07) is 44.1. The molecule has 0 saturated heterocycles. The van der Waals surface area contributed by atoms with Gasteiger partial charge in [0.15, 0.2) is 23.3 Å². The van der Waals surface area contributed by atoms with E-state index in [0.29, 0.717) is 23.0 Å². The van der Waals surface area contributed by atoms with Crippen molar-refractivity contribution >= 4 is 11.1 Å². The molecule has 0 heterocycles. The predicted octanol–water partition coefficient (Wildman–Crippen LogP) is 16.3. The minimum atomic E-state index is -0.775. The monoisotopic (exact) mass is 790 g/mol. The topological polar surface area (TPSA) is 0 Å². The van der Waals surface area contributed by atoms with Gasteiger partial charge in [-0.1, -0.05) is 160 Å². The van der Waals surface area contributed by atoms with Gasteiger partial charge in [-0.25, -0.2) is 17.6 Å². The summed E-state index contributed by atoms with van der Waals surface area (Å²) in [6.07, 6.45) is 15.3. The fourth-order valence-corrected chi connectivity index (χ4v) is 8.54. The van der Waals surface area contributed by atoms with Crippen molar-refractivity contribution in [3.05, 3.63) is 202 Å². The molecule has 0 fully saturated rings. The first-order valence-electron chi connectivity index (χ1n) is 21.5. The van der Waals surface area contributed by atoms with Crippen molar-refractivity contribution in [3.63, 3.8) is 0 Å². The van der Waals surface area contributed by atoms with Crippen LogP contribution in [0.15, 0.2) is 146 Å². The molecule has 302 valence electrons. The second-order valence-electron chi connectivity index (χ2n) is 16.1. The van der Waals surface area contributed by atoms with Gasteiger partial charge in [0.05, 0.1) is 0 Å². The van der Waals surface area contributed by atoms with Crippen molar-refractivity contribution in [2.24, 2.45) is 0 Å². The second-order valence-corrected chi connectivity index (χ2v) is 16.1. The molecule has 2 aliphatic carbocycles. The lowest BCUT2D eigenvalue weighted by Crippen LogP contribution is -2.05. The number of hydrogen-bond donors (Lipinski definition) is 0. The van der Waals surface area contributed by atoms with E-state index < -0.39 is 23.3 Å². The highest BCUT2D eigenvalue weighted by Crippen LogP contribution is 2.39. The molecule has 0 nitrogen and oxygen atoms in total. The molecule has 4 heteroatoms. The number of halogens is 4. The molecule has 6 aromatic carbocycles. The Labute approximate surface area is 348 Å². The van der Waals surface area contributed by atoms with E-state index in [9.17, 15) is 17.6 Å². The van der Waals surface area contributed by atoms with Crippen LogP contribution in [-0.2, 0) is 12.8 Å². The fourth-order valence-electron chi connectivity index (χ4n) is 8.54. The molecule has 8 rings (SSSR count). The maximum absolute atomic E-state index is 14.1. The molecule has 0 radical (unpaired) electrons. The van der Waals surface area contributed by atoms with Gasteiger partial charge in [-0.15, -0.1) is 0 Å². The second kappa shape index (κ2) is 20.0. The predicted molar refractivity (Wildman–Crippen MR) is 238 cm³/mol. The Morgan fingerprint density at radius 3 is 1.24 bits per heavy atom. The molecule has 0 aromatic heterocycles. The highest BCUT2D eigenvalue weighted by atomic mass is 19.2. The Morgan fingerprint density at radius 2 is 0.864 bits per heavy atom. The molecular weight excluding hydrogens is 737 g/mol. The zero-order chi connectivity index (χ0) is 41.1. The maximum atomic E-state index is 14.1. The molecular formula is C55H54F4. The Morgan fingerprint density at radius 1 is 0.458 bits per heavy atom. The minimum Gasteiger partial charge on any atom is -0.204 e. The fraction of sp³-hybridized carbons (Fsp3) is 0.273. The molecule has 0 bridgehead atoms. The van der Waals surface area contributed by atoms with Crippen molar-refractivity contribution < 1.29 is 17.6 Å². The summed E-state index contributed by atoms with van der Waals surface area (Å²) in [6.45, 7) is 4.40. The van der Waals surface area contributed by atoms with E-state index in [2.05, 4.69) is 123 Å². The Balaban J connectivity index is 0.000000180. The SMILES string of the molecule is CCCCCc1ccc(-c2ccc(C3CC=C(c4cccc(F)c4F)CC3)cc2)cc1.CCc1ccc(-c2ccc(C3CC=C(c4cccc(F)c4F)CC3)cc2)cc1. The van der Waals surface area contributed by atoms with Gasteiger partial charge in [0.25, 0.3) is 0 Å². The van der Waals surface area contributed by atoms with E-state index in [1.807, 2.05) is 0 Å². The smallest absolute Gasteiger partial charge is 0.166 e. The van der Waals surface area contributed by atoms with Gasteiger partial charge in [0, 0.05) is 11.1 Å². The van der Waals surface area contributed by atoms with Crippen LogP contribution in [0.5, 0.6) is 0 Å². The number of rotatable bonds is 11. The average molecular weight is 791 g/mol. The largest absolute Gasteiger partial charge is 0.204 e. The van der Waals surface area contributed by atoms with Gasteiger partial charge in [-0.3, -0.25) is 0 Å². The van der Waals surface area contributed by atoms with E-state index in [1.165, 1.54) is 75.9 Å². The van der Waals surface area contributed by atoms with Gasteiger partial charge < -0.3 is 0 Å². The minimum absolute atomic E-state index is 0.407. The molecule has 0 aliphatic heterocycles. The van der Waals surface area contributed by atoms with Crippen molar-refractivity contribution in [2.45, 2.75) is 96.3 Å². The summed E-state index contributed by atoms with van der Waals surface area (Å²) in [7, 11) is 0. The average Bonchev–Trinajstić information content (AvgIpc) is 3.29. The number of benzene rings is 6. The van der Waals surface area contributed by atoms with Crippen molar-refractivity contribution in [1.29, 1.82) is 0 Å². The quantitative estimate of drug-likeness (QED) is 0.0906. The van der Waals surface area contributed by atoms with E-state index in [0.717, 1.165) is 62.5 Å². The van der Waals surface area contributed by atoms with Gasteiger partial charge in [-0.05, 0) is 137 Å². The lowest BCUT2D eigenvalue weighted by molar-refractivity contribution is 0.505. The van der Waals surface area contributed by atoms with Crippen LogP contribution in [0, 0.1) is 23.3 Å². The normalized spacial score (nSPS) is 16.4. The van der Waals surface area contributed by atoms with Crippen LogP contribution in [0.1, 0.15) is 117 Å². The first kappa shape index (κ1) is 41.7. The zero-order valence-corrected chi connectivity index (χ0v) is 34.3.